The Morgan fingerprint density at radius 3 is 2.72 bits per heavy atom. The van der Waals surface area contributed by atoms with Gasteiger partial charge in [0.1, 0.15) is 5.75 Å². The van der Waals surface area contributed by atoms with Gasteiger partial charge < -0.3 is 14.6 Å². The number of non-ortho nitro benzene ring substituents is 1. The summed E-state index contributed by atoms with van der Waals surface area (Å²) in [4.78, 5) is 30.0. The summed E-state index contributed by atoms with van der Waals surface area (Å²) in [5, 5.41) is 12.4. The average Bonchev–Trinajstić information content (AvgIpc) is 3.27. The number of nitro groups is 1. The third-order valence-corrected chi connectivity index (χ3v) is 8.13. The van der Waals surface area contributed by atoms with Crippen molar-refractivity contribution in [3.8, 4) is 5.75 Å². The minimum atomic E-state index is -0.344. The summed E-state index contributed by atoms with van der Waals surface area (Å²) in [7, 11) is 1.68. The number of benzene rings is 3. The minimum Gasteiger partial charge on any atom is -0.497 e. The van der Waals surface area contributed by atoms with Gasteiger partial charge in [0.25, 0.3) is 11.6 Å². The van der Waals surface area contributed by atoms with Gasteiger partial charge in [-0.15, -0.1) is 0 Å². The van der Waals surface area contributed by atoms with Crippen LogP contribution < -0.4 is 4.74 Å². The van der Waals surface area contributed by atoms with Crippen LogP contribution in [0.1, 0.15) is 33.6 Å². The number of piperidine rings is 1. The first-order valence-electron chi connectivity index (χ1n) is 12.3. The lowest BCUT2D eigenvalue weighted by Gasteiger charge is -2.51. The van der Waals surface area contributed by atoms with Gasteiger partial charge in [0.05, 0.1) is 12.0 Å². The van der Waals surface area contributed by atoms with Gasteiger partial charge in [-0.05, 0) is 66.6 Å². The molecule has 1 N–H and O–H groups in total. The third-order valence-electron chi connectivity index (χ3n) is 8.13. The molecule has 36 heavy (non-hydrogen) atoms. The fourth-order valence-corrected chi connectivity index (χ4v) is 6.28. The van der Waals surface area contributed by atoms with Gasteiger partial charge in [-0.1, -0.05) is 30.3 Å². The van der Waals surface area contributed by atoms with Crippen molar-refractivity contribution in [3.05, 3.63) is 105 Å². The molecule has 1 aliphatic heterocycles. The fraction of sp³-hybridized carbons (Fsp3) is 0.276. The molecule has 0 radical (unpaired) electrons. The number of H-pyrrole nitrogens is 1. The van der Waals surface area contributed by atoms with E-state index in [1.165, 1.54) is 5.56 Å². The zero-order valence-corrected chi connectivity index (χ0v) is 20.1. The summed E-state index contributed by atoms with van der Waals surface area (Å²) in [6.45, 7) is 1.30. The maximum Gasteiger partial charge on any atom is 0.270 e. The topological polar surface area (TPSA) is 88.5 Å². The molecule has 2 atom stereocenters. The zero-order valence-electron chi connectivity index (χ0n) is 20.1. The first kappa shape index (κ1) is 22.3. The van der Waals surface area contributed by atoms with E-state index in [9.17, 15) is 14.9 Å². The summed E-state index contributed by atoms with van der Waals surface area (Å²) in [6.07, 6.45) is 2.36. The highest BCUT2D eigenvalue weighted by Gasteiger charge is 2.49. The lowest BCUT2D eigenvalue weighted by atomic mass is 9.58. The molecule has 0 saturated carbocycles. The SMILES string of the molecule is COc1cccc([C@]23CCN(C(=O)c4ccccc4)CC2Cc2c([nH]c4ccc([N+](=O)[O-])cc24)C3)c1. The van der Waals surface area contributed by atoms with Crippen molar-refractivity contribution in [3.63, 3.8) is 0 Å². The summed E-state index contributed by atoms with van der Waals surface area (Å²) in [5.41, 5.74) is 5.03. The molecular weight excluding hydrogens is 454 g/mol. The smallest absolute Gasteiger partial charge is 0.270 e. The van der Waals surface area contributed by atoms with Gasteiger partial charge >= 0.3 is 0 Å². The monoisotopic (exact) mass is 481 g/mol. The lowest BCUT2D eigenvalue weighted by Crippen LogP contribution is -2.55. The number of amides is 1. The Labute approximate surface area is 208 Å². The number of likely N-dealkylation sites (tertiary alicyclic amines) is 1. The molecule has 1 aromatic heterocycles. The quantitative estimate of drug-likeness (QED) is 0.317. The molecule has 182 valence electrons. The average molecular weight is 482 g/mol. The molecule has 2 aliphatic rings. The van der Waals surface area contributed by atoms with Crippen LogP contribution in [-0.4, -0.2) is 40.9 Å². The van der Waals surface area contributed by atoms with Crippen molar-refractivity contribution < 1.29 is 14.5 Å². The molecule has 1 fully saturated rings. The second-order valence-corrected chi connectivity index (χ2v) is 9.90. The second kappa shape index (κ2) is 8.52. The lowest BCUT2D eigenvalue weighted by molar-refractivity contribution is -0.384. The Bertz CT molecular complexity index is 1480. The fourth-order valence-electron chi connectivity index (χ4n) is 6.28. The van der Waals surface area contributed by atoms with E-state index in [2.05, 4.69) is 17.1 Å². The van der Waals surface area contributed by atoms with Crippen molar-refractivity contribution in [1.29, 1.82) is 0 Å². The molecule has 0 bridgehead atoms. The molecule has 1 unspecified atom stereocenters. The summed E-state index contributed by atoms with van der Waals surface area (Å²) in [5.74, 6) is 1.04. The number of nitrogens with zero attached hydrogens (tertiary/aromatic N) is 2. The van der Waals surface area contributed by atoms with E-state index in [-0.39, 0.29) is 27.9 Å². The van der Waals surface area contributed by atoms with Crippen molar-refractivity contribution in [1.82, 2.24) is 9.88 Å². The Balaban J connectivity index is 1.44. The Morgan fingerprint density at radius 1 is 1.11 bits per heavy atom. The predicted molar refractivity (Wildman–Crippen MR) is 137 cm³/mol. The number of ether oxygens (including phenoxy) is 1. The van der Waals surface area contributed by atoms with E-state index in [1.54, 1.807) is 25.3 Å². The number of aromatic nitrogens is 1. The van der Waals surface area contributed by atoms with Crippen molar-refractivity contribution in [2.24, 2.45) is 5.92 Å². The number of carbonyl (C=O) groups is 1. The van der Waals surface area contributed by atoms with Gasteiger partial charge in [0.2, 0.25) is 0 Å². The number of rotatable bonds is 4. The summed E-state index contributed by atoms with van der Waals surface area (Å²) in [6, 6.07) is 22.8. The Morgan fingerprint density at radius 2 is 1.94 bits per heavy atom. The molecule has 7 heteroatoms. The number of fused-ring (bicyclic) bond motifs is 4. The van der Waals surface area contributed by atoms with Gasteiger partial charge in [-0.2, -0.15) is 0 Å². The first-order valence-corrected chi connectivity index (χ1v) is 12.3. The number of methoxy groups -OCH3 is 1. The Hall–Kier alpha value is -4.13. The zero-order chi connectivity index (χ0) is 24.9. The van der Waals surface area contributed by atoms with E-state index in [4.69, 9.17) is 4.74 Å². The molecule has 1 aliphatic carbocycles. The third kappa shape index (κ3) is 3.54. The predicted octanol–water partition coefficient (Wildman–Crippen LogP) is 5.28. The largest absolute Gasteiger partial charge is 0.497 e. The van der Waals surface area contributed by atoms with Gasteiger partial charge in [-0.3, -0.25) is 14.9 Å². The van der Waals surface area contributed by atoms with Crippen LogP contribution in [0, 0.1) is 16.0 Å². The number of hydrogen-bond donors (Lipinski definition) is 1. The Kier molecular flexibility index (Phi) is 5.29. The second-order valence-electron chi connectivity index (χ2n) is 9.90. The molecule has 2 heterocycles. The van der Waals surface area contributed by atoms with Crippen LogP contribution in [-0.2, 0) is 18.3 Å². The van der Waals surface area contributed by atoms with E-state index in [0.29, 0.717) is 18.7 Å². The van der Waals surface area contributed by atoms with Crippen molar-refractivity contribution >= 4 is 22.5 Å². The van der Waals surface area contributed by atoms with Crippen LogP contribution in [0.3, 0.4) is 0 Å². The van der Waals surface area contributed by atoms with Crippen molar-refractivity contribution in [2.45, 2.75) is 24.7 Å². The highest BCUT2D eigenvalue weighted by atomic mass is 16.6. The standard InChI is InChI=1S/C29H27N3O4/c1-36-23-9-5-8-20(14-23)29-12-13-31(28(33)19-6-3-2-4-7-19)18-21(29)15-24-25-16-22(32(34)35)10-11-26(25)30-27(24)17-29/h2-11,14,16,21,30H,12-13,15,17-18H2,1H3/t21?,29-/m1/s1. The molecule has 0 spiro atoms. The molecular formula is C29H27N3O4. The van der Waals surface area contributed by atoms with Crippen LogP contribution >= 0.6 is 0 Å². The molecule has 1 saturated heterocycles. The number of aromatic amines is 1. The first-order chi connectivity index (χ1) is 17.5. The normalized spacial score (nSPS) is 21.0. The van der Waals surface area contributed by atoms with Crippen LogP contribution in [0.5, 0.6) is 5.75 Å². The molecule has 3 aromatic carbocycles. The van der Waals surface area contributed by atoms with Gasteiger partial charge in [-0.25, -0.2) is 0 Å². The van der Waals surface area contributed by atoms with Crippen LogP contribution in [0.4, 0.5) is 5.69 Å². The number of carbonyl (C=O) groups excluding carboxylic acids is 1. The molecule has 4 aromatic rings. The van der Waals surface area contributed by atoms with Crippen LogP contribution in [0.25, 0.3) is 10.9 Å². The molecule has 7 nitrogen and oxygen atoms in total. The maximum absolute atomic E-state index is 13.4. The van der Waals surface area contributed by atoms with E-state index in [1.807, 2.05) is 47.4 Å². The summed E-state index contributed by atoms with van der Waals surface area (Å²) >= 11 is 0. The van der Waals surface area contributed by atoms with Crippen LogP contribution in [0.15, 0.2) is 72.8 Å². The van der Waals surface area contributed by atoms with E-state index in [0.717, 1.165) is 47.2 Å². The van der Waals surface area contributed by atoms with Gasteiger partial charge in [0.15, 0.2) is 0 Å². The summed E-state index contributed by atoms with van der Waals surface area (Å²) < 4.78 is 5.56. The van der Waals surface area contributed by atoms with E-state index < -0.39 is 0 Å². The highest BCUT2D eigenvalue weighted by Crippen LogP contribution is 2.50. The van der Waals surface area contributed by atoms with Gasteiger partial charge in [0, 0.05) is 52.8 Å². The van der Waals surface area contributed by atoms with Crippen molar-refractivity contribution in [2.75, 3.05) is 20.2 Å². The van der Waals surface area contributed by atoms with E-state index >= 15 is 0 Å². The minimum absolute atomic E-state index is 0.0511. The number of nitrogens with one attached hydrogen (secondary N) is 1. The molecule has 6 rings (SSSR count). The number of nitro benzene ring substituents is 1. The maximum atomic E-state index is 13.4. The number of hydrogen-bond acceptors (Lipinski definition) is 4. The molecule has 1 amide bonds. The van der Waals surface area contributed by atoms with Crippen LogP contribution in [0.2, 0.25) is 0 Å². The highest BCUT2D eigenvalue weighted by molar-refractivity contribution is 5.94.